The van der Waals surface area contributed by atoms with Crippen molar-refractivity contribution in [1.29, 1.82) is 0 Å². The predicted molar refractivity (Wildman–Crippen MR) is 117 cm³/mol. The molecule has 0 aromatic heterocycles. The first-order valence-electron chi connectivity index (χ1n) is 10.5. The number of nitrogens with one attached hydrogen (secondary N) is 1. The van der Waals surface area contributed by atoms with Crippen molar-refractivity contribution in [3.63, 3.8) is 0 Å². The molecule has 1 heterocycles. The Bertz CT molecular complexity index is 868. The molecule has 1 aliphatic heterocycles. The molecular formula is C21H33NO10S. The Morgan fingerprint density at radius 3 is 2.30 bits per heavy atom. The fraction of sp³-hybridized carbons (Fsp3) is 0.667. The minimum absolute atomic E-state index is 0.0281. The third-order valence-corrected chi connectivity index (χ3v) is 5.48. The predicted octanol–water partition coefficient (Wildman–Crippen LogP) is 1.05. The molecule has 0 amide bonds. The van der Waals surface area contributed by atoms with Crippen LogP contribution in [-0.4, -0.2) is 75.0 Å². The lowest BCUT2D eigenvalue weighted by Crippen LogP contribution is -2.66. The molecule has 2 rings (SSSR count). The van der Waals surface area contributed by atoms with Gasteiger partial charge in [0.1, 0.15) is 30.7 Å². The van der Waals surface area contributed by atoms with E-state index in [1.54, 1.807) is 59.1 Å². The normalized spacial score (nSPS) is 26.1. The molecule has 11 nitrogen and oxygen atoms in total. The molecule has 0 bridgehead atoms. The lowest BCUT2D eigenvalue weighted by Gasteiger charge is -2.44. The van der Waals surface area contributed by atoms with Crippen LogP contribution >= 0.6 is 0 Å². The Morgan fingerprint density at radius 2 is 1.79 bits per heavy atom. The summed E-state index contributed by atoms with van der Waals surface area (Å²) < 4.78 is 62.3. The fourth-order valence-corrected chi connectivity index (χ4v) is 3.86. The average molecular weight is 492 g/mol. The summed E-state index contributed by atoms with van der Waals surface area (Å²) in [5.41, 5.74) is -0.0434. The van der Waals surface area contributed by atoms with E-state index in [0.29, 0.717) is 5.75 Å². The van der Waals surface area contributed by atoms with Crippen LogP contribution in [0.3, 0.4) is 0 Å². The van der Waals surface area contributed by atoms with Crippen LogP contribution in [0.25, 0.3) is 0 Å². The summed E-state index contributed by atoms with van der Waals surface area (Å²) in [6.45, 7) is 6.53. The number of benzene rings is 1. The molecule has 0 radical (unpaired) electrons. The number of carbonyl (C=O) groups excluding carboxylic acids is 1. The highest BCUT2D eigenvalue weighted by Crippen LogP contribution is 2.27. The number of rotatable bonds is 10. The third kappa shape index (κ3) is 8.18. The van der Waals surface area contributed by atoms with Crippen LogP contribution < -0.4 is 9.46 Å². The maximum Gasteiger partial charge on any atom is 0.333 e. The van der Waals surface area contributed by atoms with Gasteiger partial charge in [-0.3, -0.25) is 9.35 Å². The number of methoxy groups -OCH3 is 1. The van der Waals surface area contributed by atoms with Gasteiger partial charge in [0.05, 0.1) is 25.2 Å². The van der Waals surface area contributed by atoms with E-state index in [2.05, 4.69) is 4.72 Å². The summed E-state index contributed by atoms with van der Waals surface area (Å²) in [6, 6.07) is 5.76. The fourth-order valence-electron chi connectivity index (χ4n) is 3.25. The zero-order valence-corrected chi connectivity index (χ0v) is 20.2. The van der Waals surface area contributed by atoms with E-state index in [-0.39, 0.29) is 19.8 Å². The second kappa shape index (κ2) is 11.6. The van der Waals surface area contributed by atoms with Crippen LogP contribution in [0.15, 0.2) is 24.3 Å². The van der Waals surface area contributed by atoms with Crippen molar-refractivity contribution in [3.8, 4) is 5.75 Å². The van der Waals surface area contributed by atoms with Gasteiger partial charge in [-0.15, -0.1) is 0 Å². The zero-order valence-electron chi connectivity index (χ0n) is 19.4. The number of ether oxygens (including phenoxy) is 5. The molecule has 1 fully saturated rings. The highest BCUT2D eigenvalue weighted by Gasteiger charge is 2.49. The molecule has 1 aromatic rings. The molecule has 0 saturated carbocycles. The van der Waals surface area contributed by atoms with E-state index >= 15 is 0 Å². The third-order valence-electron chi connectivity index (χ3n) is 4.91. The summed E-state index contributed by atoms with van der Waals surface area (Å²) in [7, 11) is -3.16. The largest absolute Gasteiger partial charge is 0.497 e. The van der Waals surface area contributed by atoms with E-state index in [9.17, 15) is 22.9 Å². The number of hydrogen-bond acceptors (Lipinski definition) is 9. The molecule has 1 aliphatic rings. The molecular weight excluding hydrogens is 458 g/mol. The number of carbonyl (C=O) groups is 1. The summed E-state index contributed by atoms with van der Waals surface area (Å²) in [5.74, 6) is 0.137. The Labute approximate surface area is 194 Å². The minimum Gasteiger partial charge on any atom is -0.497 e. The van der Waals surface area contributed by atoms with Crippen molar-refractivity contribution in [3.05, 3.63) is 29.8 Å². The van der Waals surface area contributed by atoms with Crippen LogP contribution in [0.2, 0.25) is 0 Å². The van der Waals surface area contributed by atoms with Gasteiger partial charge < -0.3 is 28.8 Å². The molecule has 5 atom stereocenters. The Kier molecular flexibility index (Phi) is 9.61. The molecule has 1 saturated heterocycles. The molecule has 0 aliphatic carbocycles. The highest BCUT2D eigenvalue weighted by molar-refractivity contribution is 7.83. The van der Waals surface area contributed by atoms with Crippen molar-refractivity contribution in [2.45, 2.75) is 64.9 Å². The lowest BCUT2D eigenvalue weighted by atomic mass is 9.95. The number of hydrogen-bond donors (Lipinski definition) is 3. The Morgan fingerprint density at radius 1 is 1.15 bits per heavy atom. The first kappa shape index (κ1) is 27.4. The van der Waals surface area contributed by atoms with E-state index in [0.717, 1.165) is 5.56 Å². The summed E-state index contributed by atoms with van der Waals surface area (Å²) in [5, 5.41) is 10.4. The molecule has 33 heavy (non-hydrogen) atoms. The van der Waals surface area contributed by atoms with E-state index in [4.69, 9.17) is 23.7 Å². The minimum atomic E-state index is -4.70. The number of aliphatic hydroxyl groups excluding tert-OH is 1. The monoisotopic (exact) mass is 491 g/mol. The van der Waals surface area contributed by atoms with Gasteiger partial charge >= 0.3 is 16.3 Å². The van der Waals surface area contributed by atoms with Gasteiger partial charge in [-0.2, -0.15) is 13.1 Å². The topological polar surface area (TPSA) is 150 Å². The van der Waals surface area contributed by atoms with Crippen LogP contribution in [0.5, 0.6) is 5.75 Å². The molecule has 0 spiro atoms. The van der Waals surface area contributed by atoms with Gasteiger partial charge in [0.15, 0.2) is 6.29 Å². The second-order valence-corrected chi connectivity index (χ2v) is 9.76. The van der Waals surface area contributed by atoms with Gasteiger partial charge in [0.25, 0.3) is 0 Å². The highest BCUT2D eigenvalue weighted by atomic mass is 32.2. The maximum absolute atomic E-state index is 12.2. The smallest absolute Gasteiger partial charge is 0.333 e. The average Bonchev–Trinajstić information content (AvgIpc) is 2.72. The first-order chi connectivity index (χ1) is 15.4. The summed E-state index contributed by atoms with van der Waals surface area (Å²) in [4.78, 5) is 12.2. The quantitative estimate of drug-likeness (QED) is 0.320. The van der Waals surface area contributed by atoms with Crippen LogP contribution in [0.1, 0.15) is 33.3 Å². The standard InChI is InChI=1S/C21H33NO10S/c1-6-29-18-16(22-33(25,26)27)17(30-11-13-7-9-14(28-5)10-8-13)15(32-19(18)23)12-31-20(24)21(2,3)4/h7-10,15-19,22-23H,6,11-12H2,1-5H3,(H,25,26,27)/t15-,16-,17-,18+,19+/m1/s1. The second-order valence-electron chi connectivity index (χ2n) is 8.58. The van der Waals surface area contributed by atoms with E-state index in [1.807, 2.05) is 0 Å². The molecule has 12 heteroatoms. The van der Waals surface area contributed by atoms with E-state index < -0.39 is 52.3 Å². The molecule has 1 aromatic carbocycles. The van der Waals surface area contributed by atoms with Gasteiger partial charge in [-0.05, 0) is 45.4 Å². The van der Waals surface area contributed by atoms with E-state index in [1.165, 1.54) is 0 Å². The van der Waals surface area contributed by atoms with Crippen molar-refractivity contribution >= 4 is 16.3 Å². The molecule has 3 N–H and O–H groups in total. The van der Waals surface area contributed by atoms with Gasteiger partial charge in [0, 0.05) is 6.61 Å². The maximum atomic E-state index is 12.2. The number of esters is 1. The van der Waals surface area contributed by atoms with Gasteiger partial charge in [0.2, 0.25) is 0 Å². The first-order valence-corrected chi connectivity index (χ1v) is 11.9. The lowest BCUT2D eigenvalue weighted by molar-refractivity contribution is -0.279. The van der Waals surface area contributed by atoms with Crippen molar-refractivity contribution in [2.75, 3.05) is 20.3 Å². The Hall–Kier alpha value is -1.80. The summed E-state index contributed by atoms with van der Waals surface area (Å²) in [6.07, 6.45) is -4.89. The number of aliphatic hydroxyl groups is 1. The van der Waals surface area contributed by atoms with Crippen molar-refractivity contribution < 1.29 is 46.6 Å². The Balaban J connectivity index is 2.30. The molecule has 188 valence electrons. The van der Waals surface area contributed by atoms with Crippen molar-refractivity contribution in [1.82, 2.24) is 4.72 Å². The molecule has 0 unspecified atom stereocenters. The van der Waals surface area contributed by atoms with Crippen LogP contribution in [0.4, 0.5) is 0 Å². The SMILES string of the molecule is CCO[C@H]1[C@H](NS(=O)(=O)O)[C@H](OCc2ccc(OC)cc2)[C@@H](COC(=O)C(C)(C)C)O[C@@H]1O. The zero-order chi connectivity index (χ0) is 24.8. The van der Waals surface area contributed by atoms with Gasteiger partial charge in [-0.25, -0.2) is 0 Å². The van der Waals surface area contributed by atoms with Crippen LogP contribution in [-0.2, 0) is 40.7 Å². The van der Waals surface area contributed by atoms with Crippen molar-refractivity contribution in [2.24, 2.45) is 5.41 Å². The van der Waals surface area contributed by atoms with Gasteiger partial charge in [-0.1, -0.05) is 12.1 Å². The summed E-state index contributed by atoms with van der Waals surface area (Å²) >= 11 is 0. The van der Waals surface area contributed by atoms with Crippen LogP contribution in [0, 0.1) is 5.41 Å².